The average molecular weight is 393 g/mol. The molecule has 0 unspecified atom stereocenters. The molecule has 0 saturated carbocycles. The molecule has 1 aliphatic rings. The summed E-state index contributed by atoms with van der Waals surface area (Å²) in [7, 11) is 0. The lowest BCUT2D eigenvalue weighted by molar-refractivity contribution is 0.203. The van der Waals surface area contributed by atoms with E-state index in [9.17, 15) is 4.79 Å². The number of hydrogen-bond donors (Lipinski definition) is 2. The highest BCUT2D eigenvalue weighted by Crippen LogP contribution is 2.32. The zero-order valence-electron chi connectivity index (χ0n) is 17.2. The number of carbonyl (C=O) groups is 1. The van der Waals surface area contributed by atoms with Gasteiger partial charge in [-0.25, -0.2) is 4.79 Å². The molecule has 0 fully saturated rings. The summed E-state index contributed by atoms with van der Waals surface area (Å²) in [6.07, 6.45) is 3.55. The molecule has 0 radical (unpaired) electrons. The van der Waals surface area contributed by atoms with E-state index in [1.54, 1.807) is 0 Å². The quantitative estimate of drug-likeness (QED) is 0.685. The highest BCUT2D eigenvalue weighted by molar-refractivity contribution is 5.94. The maximum Gasteiger partial charge on any atom is 0.317 e. The summed E-state index contributed by atoms with van der Waals surface area (Å²) in [4.78, 5) is 22.1. The van der Waals surface area contributed by atoms with Gasteiger partial charge in [-0.15, -0.1) is 0 Å². The van der Waals surface area contributed by atoms with E-state index in [1.807, 2.05) is 24.8 Å². The number of aryl methyl sites for hydroxylation is 1. The highest BCUT2D eigenvalue weighted by Gasteiger charge is 2.20. The summed E-state index contributed by atoms with van der Waals surface area (Å²) in [6.45, 7) is 7.94. The van der Waals surface area contributed by atoms with Crippen molar-refractivity contribution in [2.75, 3.05) is 19.6 Å². The Kier molecular flexibility index (Phi) is 5.38. The lowest BCUT2D eigenvalue weighted by Gasteiger charge is -2.27. The van der Waals surface area contributed by atoms with Gasteiger partial charge < -0.3 is 19.7 Å². The number of amides is 2. The van der Waals surface area contributed by atoms with Crippen LogP contribution in [-0.2, 0) is 6.42 Å². The molecule has 0 spiro atoms. The number of para-hydroxylation sites is 1. The summed E-state index contributed by atoms with van der Waals surface area (Å²) >= 11 is 0. The van der Waals surface area contributed by atoms with Crippen molar-refractivity contribution >= 4 is 22.5 Å². The van der Waals surface area contributed by atoms with Gasteiger partial charge in [0.2, 0.25) is 5.89 Å². The minimum absolute atomic E-state index is 0.0560. The summed E-state index contributed by atoms with van der Waals surface area (Å²) in [6, 6.07) is 8.30. The number of aromatic nitrogens is 3. The van der Waals surface area contributed by atoms with Crippen molar-refractivity contribution in [2.45, 2.75) is 39.5 Å². The molecule has 152 valence electrons. The maximum absolute atomic E-state index is 12.5. The number of H-pyrrole nitrogens is 1. The number of aromatic amines is 1. The summed E-state index contributed by atoms with van der Waals surface area (Å²) in [5.74, 6) is 1.49. The Balaban J connectivity index is 1.34. The van der Waals surface area contributed by atoms with E-state index in [4.69, 9.17) is 4.52 Å². The summed E-state index contributed by atoms with van der Waals surface area (Å²) in [5, 5.41) is 8.14. The molecule has 29 heavy (non-hydrogen) atoms. The molecular formula is C22H27N5O2. The normalized spacial score (nSPS) is 14.5. The third kappa shape index (κ3) is 4.04. The van der Waals surface area contributed by atoms with Crippen LogP contribution in [0.5, 0.6) is 0 Å². The van der Waals surface area contributed by atoms with E-state index in [1.165, 1.54) is 22.2 Å². The molecule has 1 aromatic carbocycles. The zero-order valence-corrected chi connectivity index (χ0v) is 17.2. The highest BCUT2D eigenvalue weighted by atomic mass is 16.5. The van der Waals surface area contributed by atoms with Gasteiger partial charge in [-0.2, -0.15) is 4.98 Å². The Morgan fingerprint density at radius 1 is 1.34 bits per heavy atom. The Hall–Kier alpha value is -3.09. The minimum atomic E-state index is -0.0560. The van der Waals surface area contributed by atoms with Crippen LogP contribution in [0.2, 0.25) is 0 Å². The average Bonchev–Trinajstić information content (AvgIpc) is 3.32. The van der Waals surface area contributed by atoms with Crippen molar-refractivity contribution in [3.63, 3.8) is 0 Å². The molecule has 0 saturated heterocycles. The van der Waals surface area contributed by atoms with Crippen LogP contribution in [0.4, 0.5) is 4.79 Å². The van der Waals surface area contributed by atoms with E-state index in [-0.39, 0.29) is 11.9 Å². The predicted molar refractivity (Wildman–Crippen MR) is 113 cm³/mol. The van der Waals surface area contributed by atoms with Crippen molar-refractivity contribution in [2.24, 2.45) is 0 Å². The van der Waals surface area contributed by atoms with E-state index < -0.39 is 0 Å². The number of carbonyl (C=O) groups excluding carboxylic acids is 1. The second-order valence-electron chi connectivity index (χ2n) is 7.78. The van der Waals surface area contributed by atoms with Gasteiger partial charge in [0.25, 0.3) is 0 Å². The first-order valence-electron chi connectivity index (χ1n) is 10.1. The number of rotatable bonds is 5. The minimum Gasteiger partial charge on any atom is -0.358 e. The first kappa shape index (κ1) is 19.2. The lowest BCUT2D eigenvalue weighted by Crippen LogP contribution is -2.42. The lowest BCUT2D eigenvalue weighted by atomic mass is 9.97. The van der Waals surface area contributed by atoms with Crippen LogP contribution in [0.25, 0.3) is 16.5 Å². The number of fused-ring (bicyclic) bond motifs is 1. The monoisotopic (exact) mass is 393 g/mol. The maximum atomic E-state index is 12.5. The van der Waals surface area contributed by atoms with Gasteiger partial charge in [0, 0.05) is 54.1 Å². The summed E-state index contributed by atoms with van der Waals surface area (Å²) < 4.78 is 5.22. The fourth-order valence-corrected chi connectivity index (χ4v) is 3.76. The third-order valence-corrected chi connectivity index (χ3v) is 5.33. The molecular weight excluding hydrogens is 366 g/mol. The fourth-order valence-electron chi connectivity index (χ4n) is 3.76. The molecule has 3 aromatic rings. The second-order valence-corrected chi connectivity index (χ2v) is 7.78. The van der Waals surface area contributed by atoms with Gasteiger partial charge in [-0.1, -0.05) is 43.3 Å². The zero-order chi connectivity index (χ0) is 20.4. The van der Waals surface area contributed by atoms with Crippen LogP contribution in [0.1, 0.15) is 49.2 Å². The number of nitrogens with zero attached hydrogens (tertiary/aromatic N) is 3. The molecule has 4 rings (SSSR count). The Labute approximate surface area is 170 Å². The van der Waals surface area contributed by atoms with Gasteiger partial charge in [-0.05, 0) is 25.0 Å². The SMILES string of the molecule is Cc1[nH]c2ccccc2c1C1=CCN(C(=O)NCCc2nc(C(C)C)no2)CC1. The molecule has 2 N–H and O–H groups in total. The third-order valence-electron chi connectivity index (χ3n) is 5.33. The topological polar surface area (TPSA) is 87.0 Å². The smallest absolute Gasteiger partial charge is 0.317 e. The van der Waals surface area contributed by atoms with Crippen LogP contribution in [0, 0.1) is 6.92 Å². The van der Waals surface area contributed by atoms with Gasteiger partial charge in [0.15, 0.2) is 5.82 Å². The molecule has 7 nitrogen and oxygen atoms in total. The van der Waals surface area contributed by atoms with Crippen LogP contribution < -0.4 is 5.32 Å². The number of urea groups is 1. The fraction of sp³-hybridized carbons (Fsp3) is 0.409. The van der Waals surface area contributed by atoms with Gasteiger partial charge in [0.05, 0.1) is 0 Å². The van der Waals surface area contributed by atoms with Gasteiger partial charge in [-0.3, -0.25) is 0 Å². The van der Waals surface area contributed by atoms with Crippen LogP contribution in [0.15, 0.2) is 34.9 Å². The van der Waals surface area contributed by atoms with Crippen molar-refractivity contribution in [3.8, 4) is 0 Å². The molecule has 0 aliphatic carbocycles. The predicted octanol–water partition coefficient (Wildman–Crippen LogP) is 4.02. The van der Waals surface area contributed by atoms with E-state index in [2.05, 4.69) is 51.6 Å². The molecule has 2 aromatic heterocycles. The van der Waals surface area contributed by atoms with Crippen LogP contribution in [0.3, 0.4) is 0 Å². The first-order valence-corrected chi connectivity index (χ1v) is 10.1. The Morgan fingerprint density at radius 2 is 2.17 bits per heavy atom. The second kappa shape index (κ2) is 8.11. The molecule has 1 aliphatic heterocycles. The van der Waals surface area contributed by atoms with Crippen molar-refractivity contribution in [3.05, 3.63) is 53.3 Å². The van der Waals surface area contributed by atoms with E-state index in [0.29, 0.717) is 37.8 Å². The standard InChI is InChI=1S/C22H27N5O2/c1-14(2)21-25-19(29-26-21)8-11-23-22(28)27-12-9-16(10-13-27)20-15(3)24-18-7-5-4-6-17(18)20/h4-7,9,14,24H,8,10-13H2,1-3H3,(H,23,28). The van der Waals surface area contributed by atoms with Crippen molar-refractivity contribution in [1.29, 1.82) is 0 Å². The molecule has 3 heterocycles. The number of benzene rings is 1. The van der Waals surface area contributed by atoms with Crippen molar-refractivity contribution in [1.82, 2.24) is 25.3 Å². The Morgan fingerprint density at radius 3 is 2.90 bits per heavy atom. The van der Waals surface area contributed by atoms with Crippen molar-refractivity contribution < 1.29 is 9.32 Å². The number of nitrogens with one attached hydrogen (secondary N) is 2. The van der Waals surface area contributed by atoms with Gasteiger partial charge >= 0.3 is 6.03 Å². The molecule has 0 bridgehead atoms. The van der Waals surface area contributed by atoms with Crippen LogP contribution in [-0.4, -0.2) is 45.7 Å². The first-order chi connectivity index (χ1) is 14.0. The molecule has 0 atom stereocenters. The van der Waals surface area contributed by atoms with E-state index >= 15 is 0 Å². The Bertz CT molecular complexity index is 1050. The summed E-state index contributed by atoms with van der Waals surface area (Å²) in [5.41, 5.74) is 4.91. The molecule has 2 amide bonds. The van der Waals surface area contributed by atoms with Gasteiger partial charge in [0.1, 0.15) is 0 Å². The number of hydrogen-bond acceptors (Lipinski definition) is 4. The largest absolute Gasteiger partial charge is 0.358 e. The van der Waals surface area contributed by atoms with Crippen LogP contribution >= 0.6 is 0 Å². The van der Waals surface area contributed by atoms with E-state index in [0.717, 1.165) is 11.9 Å². The molecule has 7 heteroatoms.